The van der Waals surface area contributed by atoms with Crippen molar-refractivity contribution in [3.05, 3.63) is 30.1 Å². The van der Waals surface area contributed by atoms with Gasteiger partial charge in [-0.2, -0.15) is 0 Å². The molecule has 0 radical (unpaired) electrons. The van der Waals surface area contributed by atoms with Gasteiger partial charge in [-0.25, -0.2) is 14.1 Å². The fourth-order valence-corrected chi connectivity index (χ4v) is 2.76. The molecule has 1 saturated heterocycles. The minimum absolute atomic E-state index is 0.211. The number of amides is 3. The first-order chi connectivity index (χ1) is 8.62. The van der Waals surface area contributed by atoms with Crippen molar-refractivity contribution < 1.29 is 14.0 Å². The zero-order valence-electron chi connectivity index (χ0n) is 9.78. The van der Waals surface area contributed by atoms with E-state index < -0.39 is 11.6 Å². The van der Waals surface area contributed by atoms with E-state index in [9.17, 15) is 14.0 Å². The molecule has 1 aromatic carbocycles. The van der Waals surface area contributed by atoms with Gasteiger partial charge in [-0.05, 0) is 37.1 Å². The molecule has 94 valence electrons. The summed E-state index contributed by atoms with van der Waals surface area (Å²) < 4.78 is 12.9. The van der Waals surface area contributed by atoms with E-state index in [1.165, 1.54) is 24.3 Å². The number of urea groups is 1. The van der Waals surface area contributed by atoms with Crippen LogP contribution in [0.15, 0.2) is 24.3 Å². The van der Waals surface area contributed by atoms with E-state index in [0.717, 1.165) is 17.7 Å². The molecule has 1 aromatic rings. The van der Waals surface area contributed by atoms with Gasteiger partial charge >= 0.3 is 6.03 Å². The van der Waals surface area contributed by atoms with Crippen LogP contribution >= 0.6 is 0 Å². The lowest BCUT2D eigenvalue weighted by Crippen LogP contribution is -2.44. The zero-order chi connectivity index (χ0) is 12.8. The molecule has 0 unspecified atom stereocenters. The summed E-state index contributed by atoms with van der Waals surface area (Å²) in [5, 5.41) is 2.79. The minimum Gasteiger partial charge on any atom is -0.323 e. The van der Waals surface area contributed by atoms with Crippen molar-refractivity contribution in [2.24, 2.45) is 0 Å². The van der Waals surface area contributed by atoms with Gasteiger partial charge in [0.05, 0.1) is 5.69 Å². The number of rotatable bonds is 1. The number of carbonyl (C=O) groups is 2. The lowest BCUT2D eigenvalue weighted by Gasteiger charge is -2.19. The Hall–Kier alpha value is -1.91. The summed E-state index contributed by atoms with van der Waals surface area (Å²) in [6.45, 7) is 0. The maximum Gasteiger partial charge on any atom is 0.329 e. The summed E-state index contributed by atoms with van der Waals surface area (Å²) in [6, 6.07) is 4.97. The van der Waals surface area contributed by atoms with Crippen LogP contribution in [0.2, 0.25) is 0 Å². The second kappa shape index (κ2) is 3.80. The number of imide groups is 1. The van der Waals surface area contributed by atoms with Crippen LogP contribution in [0.25, 0.3) is 0 Å². The predicted molar refractivity (Wildman–Crippen MR) is 63.6 cm³/mol. The van der Waals surface area contributed by atoms with Gasteiger partial charge in [-0.1, -0.05) is 12.8 Å². The predicted octanol–water partition coefficient (Wildman–Crippen LogP) is 2.19. The summed E-state index contributed by atoms with van der Waals surface area (Å²) in [7, 11) is 0. The summed E-state index contributed by atoms with van der Waals surface area (Å²) in [4.78, 5) is 25.4. The van der Waals surface area contributed by atoms with Gasteiger partial charge in [-0.15, -0.1) is 0 Å². The van der Waals surface area contributed by atoms with Gasteiger partial charge in [0.1, 0.15) is 11.4 Å². The van der Waals surface area contributed by atoms with E-state index in [1.54, 1.807) is 0 Å². The molecule has 5 heteroatoms. The van der Waals surface area contributed by atoms with E-state index in [1.807, 2.05) is 0 Å². The summed E-state index contributed by atoms with van der Waals surface area (Å²) in [5.74, 6) is -0.599. The fraction of sp³-hybridized carbons (Fsp3) is 0.385. The largest absolute Gasteiger partial charge is 0.329 e. The Balaban J connectivity index is 1.95. The Kier molecular flexibility index (Phi) is 2.36. The van der Waals surface area contributed by atoms with Crippen LogP contribution in [0, 0.1) is 5.82 Å². The highest BCUT2D eigenvalue weighted by molar-refractivity contribution is 6.23. The Morgan fingerprint density at radius 1 is 1.11 bits per heavy atom. The smallest absolute Gasteiger partial charge is 0.323 e. The molecular weight excluding hydrogens is 235 g/mol. The average molecular weight is 248 g/mol. The quantitative estimate of drug-likeness (QED) is 0.774. The first-order valence-electron chi connectivity index (χ1n) is 6.05. The molecule has 0 bridgehead atoms. The van der Waals surface area contributed by atoms with Gasteiger partial charge in [0.15, 0.2) is 0 Å². The van der Waals surface area contributed by atoms with E-state index >= 15 is 0 Å². The van der Waals surface area contributed by atoms with Crippen molar-refractivity contribution in [3.8, 4) is 0 Å². The second-order valence-corrected chi connectivity index (χ2v) is 4.84. The molecule has 2 aliphatic rings. The highest BCUT2D eigenvalue weighted by Crippen LogP contribution is 2.36. The Morgan fingerprint density at radius 2 is 1.72 bits per heavy atom. The van der Waals surface area contributed by atoms with Gasteiger partial charge in [0.2, 0.25) is 0 Å². The van der Waals surface area contributed by atoms with E-state index in [-0.39, 0.29) is 11.7 Å². The van der Waals surface area contributed by atoms with E-state index in [0.29, 0.717) is 18.5 Å². The van der Waals surface area contributed by atoms with Crippen LogP contribution < -0.4 is 10.2 Å². The third-order valence-corrected chi connectivity index (χ3v) is 3.70. The molecular formula is C13H13FN2O2. The number of benzene rings is 1. The summed E-state index contributed by atoms with van der Waals surface area (Å²) >= 11 is 0. The molecule has 0 aromatic heterocycles. The lowest BCUT2D eigenvalue weighted by atomic mass is 9.98. The van der Waals surface area contributed by atoms with Crippen molar-refractivity contribution in [2.45, 2.75) is 31.2 Å². The van der Waals surface area contributed by atoms with Gasteiger partial charge in [0.25, 0.3) is 5.91 Å². The molecule has 3 rings (SSSR count). The van der Waals surface area contributed by atoms with Crippen LogP contribution in [0.1, 0.15) is 25.7 Å². The molecule has 3 amide bonds. The van der Waals surface area contributed by atoms with Crippen LogP contribution in [0.5, 0.6) is 0 Å². The first kappa shape index (κ1) is 11.2. The van der Waals surface area contributed by atoms with Crippen LogP contribution in [0.3, 0.4) is 0 Å². The van der Waals surface area contributed by atoms with Gasteiger partial charge < -0.3 is 5.32 Å². The number of nitrogens with zero attached hydrogens (tertiary/aromatic N) is 1. The SMILES string of the molecule is O=C1NC2(CCCC2)C(=O)N1c1ccc(F)cc1. The highest BCUT2D eigenvalue weighted by atomic mass is 19.1. The molecule has 4 nitrogen and oxygen atoms in total. The zero-order valence-corrected chi connectivity index (χ0v) is 9.78. The van der Waals surface area contributed by atoms with Gasteiger partial charge in [-0.3, -0.25) is 4.79 Å². The standard InChI is InChI=1S/C13H13FN2O2/c14-9-3-5-10(6-4-9)16-11(17)13(15-12(16)18)7-1-2-8-13/h3-6H,1-2,7-8H2,(H,15,18). The summed E-state index contributed by atoms with van der Waals surface area (Å²) in [5.41, 5.74) is -0.298. The molecule has 1 spiro atoms. The second-order valence-electron chi connectivity index (χ2n) is 4.84. The Bertz CT molecular complexity index is 506. The molecule has 1 aliphatic carbocycles. The lowest BCUT2D eigenvalue weighted by molar-refractivity contribution is -0.121. The number of hydrogen-bond donors (Lipinski definition) is 1. The third-order valence-electron chi connectivity index (χ3n) is 3.70. The van der Waals surface area contributed by atoms with Gasteiger partial charge in [0, 0.05) is 0 Å². The monoisotopic (exact) mass is 248 g/mol. The van der Waals surface area contributed by atoms with Crippen molar-refractivity contribution in [2.75, 3.05) is 4.90 Å². The number of carbonyl (C=O) groups excluding carboxylic acids is 2. The molecule has 1 saturated carbocycles. The maximum atomic E-state index is 12.9. The van der Waals surface area contributed by atoms with E-state index in [4.69, 9.17) is 0 Å². The first-order valence-corrected chi connectivity index (χ1v) is 6.05. The minimum atomic E-state index is -0.717. The fourth-order valence-electron chi connectivity index (χ4n) is 2.76. The topological polar surface area (TPSA) is 49.4 Å². The van der Waals surface area contributed by atoms with Crippen LogP contribution in [-0.2, 0) is 4.79 Å². The number of hydrogen-bond acceptors (Lipinski definition) is 2. The number of nitrogens with one attached hydrogen (secondary N) is 1. The normalized spacial score (nSPS) is 21.7. The van der Waals surface area contributed by atoms with Crippen LogP contribution in [-0.4, -0.2) is 17.5 Å². The third kappa shape index (κ3) is 1.50. The molecule has 18 heavy (non-hydrogen) atoms. The molecule has 1 aliphatic heterocycles. The molecule has 2 fully saturated rings. The maximum absolute atomic E-state index is 12.9. The Morgan fingerprint density at radius 3 is 2.33 bits per heavy atom. The molecule has 1 heterocycles. The Labute approximate surface area is 104 Å². The van der Waals surface area contributed by atoms with Crippen molar-refractivity contribution in [1.82, 2.24) is 5.32 Å². The molecule has 0 atom stereocenters. The number of halogens is 1. The molecule has 1 N–H and O–H groups in total. The van der Waals surface area contributed by atoms with Crippen LogP contribution in [0.4, 0.5) is 14.9 Å². The average Bonchev–Trinajstić information content (AvgIpc) is 2.89. The van der Waals surface area contributed by atoms with E-state index in [2.05, 4.69) is 5.32 Å². The number of anilines is 1. The van der Waals surface area contributed by atoms with Crippen molar-refractivity contribution in [1.29, 1.82) is 0 Å². The van der Waals surface area contributed by atoms with Crippen molar-refractivity contribution in [3.63, 3.8) is 0 Å². The summed E-state index contributed by atoms with van der Waals surface area (Å²) in [6.07, 6.45) is 3.27. The highest BCUT2D eigenvalue weighted by Gasteiger charge is 2.52. The van der Waals surface area contributed by atoms with Crippen molar-refractivity contribution >= 4 is 17.6 Å².